The minimum Gasteiger partial charge on any atom is -0.381 e. The van der Waals surface area contributed by atoms with Crippen molar-refractivity contribution >= 4 is 40.5 Å². The molecule has 0 spiro atoms. The van der Waals surface area contributed by atoms with Gasteiger partial charge in [0.15, 0.2) is 0 Å². The summed E-state index contributed by atoms with van der Waals surface area (Å²) in [5, 5.41) is 0.317. The lowest BCUT2D eigenvalue weighted by Crippen LogP contribution is -2.17. The molecule has 0 atom stereocenters. The average Bonchev–Trinajstić information content (AvgIpc) is 2.59. The molecule has 0 aliphatic rings. The first kappa shape index (κ1) is 9.29. The molecule has 6 heteroatoms. The minimum atomic E-state index is -0.632. The van der Waals surface area contributed by atoms with E-state index < -0.39 is 6.09 Å². The Morgan fingerprint density at radius 3 is 3.00 bits per heavy atom. The SMILES string of the molecule is O=C(NS)Oc1nc2ccccc2s1. The number of ether oxygens (including phenoxy) is 1. The van der Waals surface area contributed by atoms with Crippen LogP contribution in [0.2, 0.25) is 0 Å². The summed E-state index contributed by atoms with van der Waals surface area (Å²) in [7, 11) is 0. The quantitative estimate of drug-likeness (QED) is 0.733. The van der Waals surface area contributed by atoms with Crippen molar-refractivity contribution in [1.29, 1.82) is 0 Å². The van der Waals surface area contributed by atoms with Crippen LogP contribution in [0, 0.1) is 0 Å². The first-order valence-electron chi connectivity index (χ1n) is 3.77. The van der Waals surface area contributed by atoms with Crippen molar-refractivity contribution in [1.82, 2.24) is 9.71 Å². The Hall–Kier alpha value is -1.27. The van der Waals surface area contributed by atoms with E-state index in [2.05, 4.69) is 22.5 Å². The number of hydrogen-bond donors (Lipinski definition) is 2. The third-order valence-corrected chi connectivity index (χ3v) is 2.64. The lowest BCUT2D eigenvalue weighted by atomic mass is 10.3. The largest absolute Gasteiger partial charge is 0.424 e. The summed E-state index contributed by atoms with van der Waals surface area (Å²) < 4.78 is 7.87. The van der Waals surface area contributed by atoms with Gasteiger partial charge in [0.05, 0.1) is 10.2 Å². The Labute approximate surface area is 89.5 Å². The van der Waals surface area contributed by atoms with E-state index in [1.807, 2.05) is 24.3 Å². The van der Waals surface area contributed by atoms with Gasteiger partial charge in [-0.05, 0) is 12.1 Å². The van der Waals surface area contributed by atoms with Crippen molar-refractivity contribution in [3.8, 4) is 5.19 Å². The van der Waals surface area contributed by atoms with Crippen molar-refractivity contribution in [2.75, 3.05) is 0 Å². The number of rotatable bonds is 1. The number of thiol groups is 1. The maximum absolute atomic E-state index is 10.8. The second-order valence-corrected chi connectivity index (χ2v) is 3.67. The maximum Gasteiger partial charge on any atom is 0.424 e. The van der Waals surface area contributed by atoms with Crippen LogP contribution in [0.1, 0.15) is 0 Å². The van der Waals surface area contributed by atoms with Crippen LogP contribution in [0.5, 0.6) is 5.19 Å². The Kier molecular flexibility index (Phi) is 2.55. The number of carbonyl (C=O) groups excluding carboxylic acids is 1. The average molecular weight is 226 g/mol. The van der Waals surface area contributed by atoms with E-state index in [9.17, 15) is 4.79 Å². The molecule has 0 unspecified atom stereocenters. The van der Waals surface area contributed by atoms with Gasteiger partial charge in [0, 0.05) is 0 Å². The molecule has 1 aromatic heterocycles. The zero-order valence-electron chi connectivity index (χ0n) is 6.93. The summed E-state index contributed by atoms with van der Waals surface area (Å²) in [5.41, 5.74) is 0.819. The van der Waals surface area contributed by atoms with Gasteiger partial charge in [0.1, 0.15) is 0 Å². The van der Waals surface area contributed by atoms with Gasteiger partial charge >= 0.3 is 6.09 Å². The predicted octanol–water partition coefficient (Wildman–Crippen LogP) is 2.23. The van der Waals surface area contributed by atoms with Crippen LogP contribution in [-0.4, -0.2) is 11.1 Å². The fraction of sp³-hybridized carbons (Fsp3) is 0. The molecule has 1 amide bonds. The van der Waals surface area contributed by atoms with Crippen LogP contribution in [0.3, 0.4) is 0 Å². The third-order valence-electron chi connectivity index (χ3n) is 1.55. The molecule has 0 saturated heterocycles. The Balaban J connectivity index is 2.31. The van der Waals surface area contributed by atoms with Gasteiger partial charge in [-0.1, -0.05) is 36.3 Å². The summed E-state index contributed by atoms with van der Waals surface area (Å²) >= 11 is 4.87. The number of carbonyl (C=O) groups is 1. The van der Waals surface area contributed by atoms with E-state index in [1.54, 1.807) is 0 Å². The van der Waals surface area contributed by atoms with Gasteiger partial charge < -0.3 is 4.74 Å². The first-order chi connectivity index (χ1) is 6.79. The molecule has 0 fully saturated rings. The Bertz CT molecular complexity index is 436. The molecule has 1 aromatic carbocycles. The van der Waals surface area contributed by atoms with E-state index >= 15 is 0 Å². The van der Waals surface area contributed by atoms with Gasteiger partial charge in [-0.3, -0.25) is 4.72 Å². The van der Waals surface area contributed by atoms with E-state index in [1.165, 1.54) is 11.3 Å². The summed E-state index contributed by atoms with van der Waals surface area (Å²) in [6.45, 7) is 0. The van der Waals surface area contributed by atoms with Gasteiger partial charge in [-0.25, -0.2) is 9.78 Å². The van der Waals surface area contributed by atoms with E-state index in [0.29, 0.717) is 5.19 Å². The van der Waals surface area contributed by atoms with Crippen molar-refractivity contribution in [3.63, 3.8) is 0 Å². The highest BCUT2D eigenvalue weighted by Crippen LogP contribution is 2.27. The van der Waals surface area contributed by atoms with Gasteiger partial charge in [-0.15, -0.1) is 0 Å². The summed E-state index contributed by atoms with van der Waals surface area (Å²) in [6, 6.07) is 7.56. The number of nitrogens with one attached hydrogen (secondary N) is 1. The molecule has 0 aliphatic heterocycles. The van der Waals surface area contributed by atoms with Crippen LogP contribution < -0.4 is 9.46 Å². The number of aromatic nitrogens is 1. The fourth-order valence-corrected chi connectivity index (χ4v) is 1.86. The standard InChI is InChI=1S/C8H6N2O2S2/c11-7(10-13)12-8-9-5-3-1-2-4-6(5)14-8/h1-4,13H,(H,10,11). The van der Waals surface area contributed by atoms with E-state index in [0.717, 1.165) is 10.2 Å². The van der Waals surface area contributed by atoms with Crippen LogP contribution in [0.4, 0.5) is 4.79 Å². The molecule has 0 aliphatic carbocycles. The van der Waals surface area contributed by atoms with Crippen molar-refractivity contribution < 1.29 is 9.53 Å². The number of nitrogens with zero attached hydrogens (tertiary/aromatic N) is 1. The van der Waals surface area contributed by atoms with Crippen LogP contribution in [0.25, 0.3) is 10.2 Å². The molecule has 0 radical (unpaired) electrons. The topological polar surface area (TPSA) is 51.2 Å². The zero-order valence-corrected chi connectivity index (χ0v) is 8.64. The molecule has 72 valence electrons. The van der Waals surface area contributed by atoms with Gasteiger partial charge in [0.2, 0.25) is 0 Å². The molecular weight excluding hydrogens is 220 g/mol. The third kappa shape index (κ3) is 1.80. The fourth-order valence-electron chi connectivity index (χ4n) is 0.997. The lowest BCUT2D eigenvalue weighted by molar-refractivity contribution is 0.207. The van der Waals surface area contributed by atoms with E-state index in [4.69, 9.17) is 4.74 Å². The molecule has 0 bridgehead atoms. The zero-order chi connectivity index (χ0) is 9.97. The summed E-state index contributed by atoms with van der Waals surface area (Å²) in [4.78, 5) is 14.9. The second-order valence-electron chi connectivity index (χ2n) is 2.45. The van der Waals surface area contributed by atoms with Crippen molar-refractivity contribution in [3.05, 3.63) is 24.3 Å². The predicted molar refractivity (Wildman–Crippen MR) is 57.8 cm³/mol. The van der Waals surface area contributed by atoms with E-state index in [-0.39, 0.29) is 0 Å². The Morgan fingerprint density at radius 1 is 1.50 bits per heavy atom. The highest BCUT2D eigenvalue weighted by Gasteiger charge is 2.07. The number of amides is 1. The summed E-state index contributed by atoms with van der Waals surface area (Å²) in [6.07, 6.45) is -0.632. The number of hydrogen-bond acceptors (Lipinski definition) is 5. The van der Waals surface area contributed by atoms with Crippen LogP contribution >= 0.6 is 24.2 Å². The van der Waals surface area contributed by atoms with Gasteiger partial charge in [-0.2, -0.15) is 0 Å². The molecule has 0 saturated carbocycles. The summed E-state index contributed by atoms with van der Waals surface area (Å²) in [5.74, 6) is 0. The smallest absolute Gasteiger partial charge is 0.381 e. The molecule has 14 heavy (non-hydrogen) atoms. The number of benzene rings is 1. The Morgan fingerprint density at radius 2 is 2.29 bits per heavy atom. The van der Waals surface area contributed by atoms with Crippen molar-refractivity contribution in [2.45, 2.75) is 0 Å². The first-order valence-corrected chi connectivity index (χ1v) is 5.03. The monoisotopic (exact) mass is 226 g/mol. The van der Waals surface area contributed by atoms with Crippen molar-refractivity contribution in [2.24, 2.45) is 0 Å². The second kappa shape index (κ2) is 3.85. The van der Waals surface area contributed by atoms with Crippen LogP contribution in [-0.2, 0) is 0 Å². The number of fused-ring (bicyclic) bond motifs is 1. The van der Waals surface area contributed by atoms with Gasteiger partial charge in [0.25, 0.3) is 5.19 Å². The molecule has 2 aromatic rings. The minimum absolute atomic E-state index is 0.317. The number of para-hydroxylation sites is 1. The lowest BCUT2D eigenvalue weighted by Gasteiger charge is -1.94. The maximum atomic E-state index is 10.8. The molecule has 4 nitrogen and oxygen atoms in total. The molecule has 1 heterocycles. The van der Waals surface area contributed by atoms with Crippen LogP contribution in [0.15, 0.2) is 24.3 Å². The molecule has 2 rings (SSSR count). The molecular formula is C8H6N2O2S2. The highest BCUT2D eigenvalue weighted by molar-refractivity contribution is 7.78. The number of thiazole rings is 1. The normalized spacial score (nSPS) is 10.1. The molecule has 1 N–H and O–H groups in total. The highest BCUT2D eigenvalue weighted by atomic mass is 32.1.